The number of nitrogens with zero attached hydrogens (tertiary/aromatic N) is 3. The van der Waals surface area contributed by atoms with Gasteiger partial charge in [0.1, 0.15) is 17.6 Å². The van der Waals surface area contributed by atoms with E-state index >= 15 is 0 Å². The standard InChI is InChI=1S/C17H19F6N5O/c1-8(17(21,22)23)24-14-26-13(10-4-2-3-5-11(29)12(10)18)27-15(28-14)25-9-6-16(19,20)7-9/h9,11,29H,1-7H2,(H2,24,25,26,27,28). The first-order chi connectivity index (χ1) is 13.4. The normalized spacial score (nSPS) is 22.7. The van der Waals surface area contributed by atoms with Crippen LogP contribution in [0.5, 0.6) is 0 Å². The van der Waals surface area contributed by atoms with Crippen molar-refractivity contribution < 1.29 is 31.4 Å². The highest BCUT2D eigenvalue weighted by Gasteiger charge is 2.45. The lowest BCUT2D eigenvalue weighted by molar-refractivity contribution is -0.0900. The Bertz CT molecular complexity index is 817. The molecule has 2 aliphatic carbocycles. The van der Waals surface area contributed by atoms with E-state index in [1.54, 1.807) is 0 Å². The van der Waals surface area contributed by atoms with Crippen LogP contribution in [0.2, 0.25) is 0 Å². The molecule has 6 nitrogen and oxygen atoms in total. The van der Waals surface area contributed by atoms with E-state index in [1.165, 1.54) is 0 Å². The van der Waals surface area contributed by atoms with Crippen LogP contribution in [0.3, 0.4) is 0 Å². The highest BCUT2D eigenvalue weighted by Crippen LogP contribution is 2.39. The summed E-state index contributed by atoms with van der Waals surface area (Å²) < 4.78 is 79.0. The molecular weight excluding hydrogens is 404 g/mol. The highest BCUT2D eigenvalue weighted by molar-refractivity contribution is 5.65. The molecule has 0 spiro atoms. The minimum atomic E-state index is -4.78. The number of nitrogens with one attached hydrogen (secondary N) is 2. The summed E-state index contributed by atoms with van der Waals surface area (Å²) in [4.78, 5) is 11.6. The van der Waals surface area contributed by atoms with Crippen LogP contribution in [-0.2, 0) is 0 Å². The number of hydrogen-bond donors (Lipinski definition) is 3. The van der Waals surface area contributed by atoms with E-state index in [-0.39, 0.29) is 30.2 Å². The van der Waals surface area contributed by atoms with E-state index in [1.807, 2.05) is 5.32 Å². The van der Waals surface area contributed by atoms with Crippen molar-refractivity contribution in [1.82, 2.24) is 15.0 Å². The van der Waals surface area contributed by atoms with Gasteiger partial charge >= 0.3 is 6.18 Å². The van der Waals surface area contributed by atoms with Crippen molar-refractivity contribution in [2.75, 3.05) is 10.6 Å². The molecule has 2 aliphatic rings. The van der Waals surface area contributed by atoms with Crippen molar-refractivity contribution in [1.29, 1.82) is 0 Å². The third kappa shape index (κ3) is 5.17. The molecule has 1 aromatic heterocycles. The van der Waals surface area contributed by atoms with Gasteiger partial charge in [-0.25, -0.2) is 13.2 Å². The molecule has 1 atom stereocenters. The lowest BCUT2D eigenvalue weighted by Crippen LogP contribution is -2.44. The Morgan fingerprint density at radius 1 is 1.10 bits per heavy atom. The lowest BCUT2D eigenvalue weighted by atomic mass is 9.88. The molecule has 1 heterocycles. The monoisotopic (exact) mass is 423 g/mol. The Kier molecular flexibility index (Phi) is 5.74. The molecule has 12 heteroatoms. The second kappa shape index (κ2) is 7.81. The van der Waals surface area contributed by atoms with Crippen LogP contribution in [0.1, 0.15) is 44.3 Å². The molecule has 160 valence electrons. The van der Waals surface area contributed by atoms with Gasteiger partial charge in [0.05, 0.1) is 0 Å². The van der Waals surface area contributed by atoms with Crippen molar-refractivity contribution in [3.8, 4) is 0 Å². The van der Waals surface area contributed by atoms with E-state index in [4.69, 9.17) is 0 Å². The van der Waals surface area contributed by atoms with Crippen molar-refractivity contribution >= 4 is 17.5 Å². The third-order valence-corrected chi connectivity index (χ3v) is 4.67. The van der Waals surface area contributed by atoms with Crippen LogP contribution in [0, 0.1) is 0 Å². The number of aliphatic hydroxyl groups is 1. The van der Waals surface area contributed by atoms with Gasteiger partial charge in [0, 0.05) is 24.5 Å². The molecule has 1 fully saturated rings. The molecule has 0 bridgehead atoms. The zero-order chi connectivity index (χ0) is 21.4. The average Bonchev–Trinajstić information content (AvgIpc) is 2.74. The number of halogens is 6. The van der Waals surface area contributed by atoms with Gasteiger partial charge in [0.2, 0.25) is 11.9 Å². The van der Waals surface area contributed by atoms with Gasteiger partial charge < -0.3 is 15.7 Å². The molecule has 0 saturated heterocycles. The summed E-state index contributed by atoms with van der Waals surface area (Å²) in [6.07, 6.45) is -5.70. The fourth-order valence-corrected chi connectivity index (χ4v) is 3.09. The molecule has 0 amide bonds. The molecule has 3 rings (SSSR count). The fraction of sp³-hybridized carbons (Fsp3) is 0.588. The number of hydrogen-bond acceptors (Lipinski definition) is 6. The summed E-state index contributed by atoms with van der Waals surface area (Å²) >= 11 is 0. The first-order valence-corrected chi connectivity index (χ1v) is 8.95. The first kappa shape index (κ1) is 21.3. The quantitative estimate of drug-likeness (QED) is 0.617. The minimum absolute atomic E-state index is 0.0555. The van der Waals surface area contributed by atoms with Gasteiger partial charge in [-0.05, 0) is 19.3 Å². The molecule has 1 saturated carbocycles. The van der Waals surface area contributed by atoms with Gasteiger partial charge in [0.15, 0.2) is 5.82 Å². The second-order valence-electron chi connectivity index (χ2n) is 7.10. The maximum absolute atomic E-state index is 14.5. The van der Waals surface area contributed by atoms with E-state index in [0.29, 0.717) is 12.8 Å². The van der Waals surface area contributed by atoms with Gasteiger partial charge in [-0.15, -0.1) is 0 Å². The van der Waals surface area contributed by atoms with Crippen molar-refractivity contribution in [3.05, 3.63) is 23.9 Å². The summed E-state index contributed by atoms with van der Waals surface area (Å²) in [6, 6.07) is -0.683. The van der Waals surface area contributed by atoms with E-state index in [0.717, 1.165) is 0 Å². The summed E-state index contributed by atoms with van der Waals surface area (Å²) in [5.74, 6) is -4.81. The van der Waals surface area contributed by atoms with Gasteiger partial charge in [-0.2, -0.15) is 28.1 Å². The number of allylic oxidation sites excluding steroid dienone is 2. The maximum atomic E-state index is 14.5. The number of alkyl halides is 5. The van der Waals surface area contributed by atoms with Crippen LogP contribution >= 0.6 is 0 Å². The van der Waals surface area contributed by atoms with Crippen LogP contribution in [-0.4, -0.2) is 44.3 Å². The summed E-state index contributed by atoms with van der Waals surface area (Å²) in [5.41, 5.74) is -1.41. The van der Waals surface area contributed by atoms with Crippen molar-refractivity contribution in [2.45, 2.75) is 62.8 Å². The van der Waals surface area contributed by atoms with E-state index in [9.17, 15) is 31.4 Å². The summed E-state index contributed by atoms with van der Waals surface area (Å²) in [5, 5.41) is 14.3. The fourth-order valence-electron chi connectivity index (χ4n) is 3.09. The third-order valence-electron chi connectivity index (χ3n) is 4.67. The lowest BCUT2D eigenvalue weighted by Gasteiger charge is -2.35. The van der Waals surface area contributed by atoms with Crippen molar-refractivity contribution in [2.24, 2.45) is 0 Å². The predicted molar refractivity (Wildman–Crippen MR) is 92.7 cm³/mol. The summed E-state index contributed by atoms with van der Waals surface area (Å²) in [7, 11) is 0. The van der Waals surface area contributed by atoms with Gasteiger partial charge in [-0.3, -0.25) is 0 Å². The molecule has 0 radical (unpaired) electrons. The molecular formula is C17H19F6N5O. The SMILES string of the molecule is C=C(Nc1nc(NC2CC(F)(F)C2)nc(C2=C(F)C(O)CCCC2)n1)C(F)(F)F. The largest absolute Gasteiger partial charge is 0.430 e. The van der Waals surface area contributed by atoms with Crippen LogP contribution in [0.25, 0.3) is 5.57 Å². The predicted octanol–water partition coefficient (Wildman–Crippen LogP) is 4.18. The smallest absolute Gasteiger partial charge is 0.386 e. The molecule has 0 aliphatic heterocycles. The molecule has 3 N–H and O–H groups in total. The van der Waals surface area contributed by atoms with Gasteiger partial charge in [0.25, 0.3) is 5.92 Å². The Hall–Kier alpha value is -2.37. The van der Waals surface area contributed by atoms with Crippen molar-refractivity contribution in [3.63, 3.8) is 0 Å². The van der Waals surface area contributed by atoms with E-state index in [2.05, 4.69) is 26.8 Å². The Morgan fingerprint density at radius 2 is 1.76 bits per heavy atom. The molecule has 1 aromatic rings. The van der Waals surface area contributed by atoms with Gasteiger partial charge in [-0.1, -0.05) is 13.0 Å². The number of aliphatic hydroxyl groups excluding tert-OH is 1. The zero-order valence-electron chi connectivity index (χ0n) is 15.2. The second-order valence-corrected chi connectivity index (χ2v) is 7.10. The Balaban J connectivity index is 1.94. The topological polar surface area (TPSA) is 83.0 Å². The van der Waals surface area contributed by atoms with Crippen LogP contribution in [0.15, 0.2) is 18.1 Å². The molecule has 0 aromatic carbocycles. The first-order valence-electron chi connectivity index (χ1n) is 8.95. The number of aromatic nitrogens is 3. The Morgan fingerprint density at radius 3 is 2.38 bits per heavy atom. The number of anilines is 2. The maximum Gasteiger partial charge on any atom is 0.430 e. The summed E-state index contributed by atoms with van der Waals surface area (Å²) in [6.45, 7) is 2.86. The molecule has 1 unspecified atom stereocenters. The van der Waals surface area contributed by atoms with Crippen LogP contribution < -0.4 is 10.6 Å². The molecule has 29 heavy (non-hydrogen) atoms. The zero-order valence-corrected chi connectivity index (χ0v) is 15.2. The average molecular weight is 423 g/mol. The minimum Gasteiger partial charge on any atom is -0.386 e. The Labute approximate surface area is 162 Å². The number of rotatable bonds is 5. The van der Waals surface area contributed by atoms with Crippen LogP contribution in [0.4, 0.5) is 38.2 Å². The van der Waals surface area contributed by atoms with E-state index < -0.39 is 54.6 Å². The highest BCUT2D eigenvalue weighted by atomic mass is 19.4.